The van der Waals surface area contributed by atoms with Crippen LogP contribution in [0, 0.1) is 5.41 Å². The molecule has 1 saturated heterocycles. The summed E-state index contributed by atoms with van der Waals surface area (Å²) in [5.41, 5.74) is 2.22. The predicted molar refractivity (Wildman–Crippen MR) is 92.8 cm³/mol. The number of hydrogen-bond acceptors (Lipinski definition) is 5. The van der Waals surface area contributed by atoms with Gasteiger partial charge in [0.2, 0.25) is 0 Å². The number of carbonyl (C=O) groups excluding carboxylic acids is 1. The van der Waals surface area contributed by atoms with Crippen LogP contribution in [0.5, 0.6) is 5.75 Å². The molecule has 0 atom stereocenters. The third-order valence-electron chi connectivity index (χ3n) is 5.50. The smallest absolute Gasteiger partial charge is 0.387 e. The number of fused-ring (bicyclic) bond motifs is 1. The van der Waals surface area contributed by atoms with E-state index in [-0.39, 0.29) is 11.3 Å². The monoisotopic (exact) mass is 362 g/mol. The van der Waals surface area contributed by atoms with Crippen LogP contribution in [0.15, 0.2) is 24.4 Å². The minimum Gasteiger partial charge on any atom is -0.465 e. The van der Waals surface area contributed by atoms with Crippen LogP contribution in [-0.4, -0.2) is 37.8 Å². The number of anilines is 1. The standard InChI is InChI=1S/C19H20F2N2O3/c1-25-17(24)13-8-12-9-14(26-18(20)21)10-15(16(12)22-11-13)23-6-4-19(2-3-19)5-7-23/h8-11,18H,2-7H2,1H3. The van der Waals surface area contributed by atoms with Gasteiger partial charge in [-0.1, -0.05) is 0 Å². The molecule has 4 rings (SSSR count). The Labute approximate surface area is 149 Å². The van der Waals surface area contributed by atoms with Crippen molar-refractivity contribution in [2.45, 2.75) is 32.3 Å². The summed E-state index contributed by atoms with van der Waals surface area (Å²) in [6.07, 6.45) is 6.24. The Bertz CT molecular complexity index is 842. The van der Waals surface area contributed by atoms with E-state index in [1.807, 2.05) is 0 Å². The summed E-state index contributed by atoms with van der Waals surface area (Å²) in [4.78, 5) is 18.3. The second kappa shape index (κ2) is 6.37. The molecule has 138 valence electrons. The van der Waals surface area contributed by atoms with E-state index in [0.717, 1.165) is 31.6 Å². The van der Waals surface area contributed by atoms with Crippen molar-refractivity contribution in [2.24, 2.45) is 5.41 Å². The summed E-state index contributed by atoms with van der Waals surface area (Å²) >= 11 is 0. The number of methoxy groups -OCH3 is 1. The second-order valence-corrected chi connectivity index (χ2v) is 7.10. The average Bonchev–Trinajstić information content (AvgIpc) is 3.39. The molecule has 2 aromatic rings. The highest BCUT2D eigenvalue weighted by atomic mass is 19.3. The van der Waals surface area contributed by atoms with Crippen LogP contribution < -0.4 is 9.64 Å². The lowest BCUT2D eigenvalue weighted by Gasteiger charge is -2.34. The number of ether oxygens (including phenoxy) is 2. The number of alkyl halides is 2. The number of hydrogen-bond donors (Lipinski definition) is 0. The predicted octanol–water partition coefficient (Wildman–Crippen LogP) is 4.00. The van der Waals surface area contributed by atoms with E-state index < -0.39 is 12.6 Å². The molecule has 0 radical (unpaired) electrons. The maximum Gasteiger partial charge on any atom is 0.387 e. The minimum absolute atomic E-state index is 0.0676. The number of aromatic nitrogens is 1. The SMILES string of the molecule is COC(=O)c1cnc2c(N3CCC4(CC3)CC4)cc(OC(F)F)cc2c1. The zero-order valence-electron chi connectivity index (χ0n) is 14.5. The van der Waals surface area contributed by atoms with Gasteiger partial charge in [0.15, 0.2) is 0 Å². The van der Waals surface area contributed by atoms with E-state index in [4.69, 9.17) is 4.74 Å². The molecular formula is C19H20F2N2O3. The number of esters is 1. The normalized spacial score (nSPS) is 18.4. The van der Waals surface area contributed by atoms with E-state index in [0.29, 0.717) is 16.3 Å². The Morgan fingerprint density at radius 3 is 2.54 bits per heavy atom. The van der Waals surface area contributed by atoms with Crippen LogP contribution in [-0.2, 0) is 4.74 Å². The first kappa shape index (κ1) is 17.0. The first-order chi connectivity index (χ1) is 12.5. The quantitative estimate of drug-likeness (QED) is 0.770. The fourth-order valence-electron chi connectivity index (χ4n) is 3.74. The van der Waals surface area contributed by atoms with Crippen molar-refractivity contribution in [3.63, 3.8) is 0 Å². The van der Waals surface area contributed by atoms with Crippen molar-refractivity contribution < 1.29 is 23.0 Å². The molecule has 1 saturated carbocycles. The summed E-state index contributed by atoms with van der Waals surface area (Å²) in [7, 11) is 1.29. The molecule has 5 nitrogen and oxygen atoms in total. The van der Waals surface area contributed by atoms with E-state index in [9.17, 15) is 13.6 Å². The van der Waals surface area contributed by atoms with E-state index in [1.54, 1.807) is 12.1 Å². The Morgan fingerprint density at radius 1 is 1.19 bits per heavy atom. The summed E-state index contributed by atoms with van der Waals surface area (Å²) in [6.45, 7) is -1.17. The van der Waals surface area contributed by atoms with E-state index in [1.165, 1.54) is 32.2 Å². The topological polar surface area (TPSA) is 51.7 Å². The Morgan fingerprint density at radius 2 is 1.92 bits per heavy atom. The number of benzene rings is 1. The van der Waals surface area contributed by atoms with Gasteiger partial charge < -0.3 is 14.4 Å². The number of rotatable bonds is 4. The van der Waals surface area contributed by atoms with Crippen molar-refractivity contribution in [3.05, 3.63) is 30.0 Å². The van der Waals surface area contributed by atoms with Gasteiger partial charge in [0.25, 0.3) is 0 Å². The number of pyridine rings is 1. The lowest BCUT2D eigenvalue weighted by molar-refractivity contribution is -0.0497. The van der Waals surface area contributed by atoms with Crippen molar-refractivity contribution in [2.75, 3.05) is 25.1 Å². The molecule has 2 fully saturated rings. The third kappa shape index (κ3) is 3.18. The number of carbonyl (C=O) groups is 1. The molecule has 0 amide bonds. The molecule has 2 aliphatic rings. The van der Waals surface area contributed by atoms with Gasteiger partial charge in [-0.15, -0.1) is 0 Å². The highest BCUT2D eigenvalue weighted by Crippen LogP contribution is 2.54. The Balaban J connectivity index is 1.74. The first-order valence-electron chi connectivity index (χ1n) is 8.72. The molecule has 0 N–H and O–H groups in total. The van der Waals surface area contributed by atoms with Crippen LogP contribution in [0.1, 0.15) is 36.0 Å². The summed E-state index contributed by atoms with van der Waals surface area (Å²) < 4.78 is 34.8. The van der Waals surface area contributed by atoms with Crippen molar-refractivity contribution >= 4 is 22.6 Å². The Kier molecular flexibility index (Phi) is 4.17. The van der Waals surface area contributed by atoms with Crippen molar-refractivity contribution in [1.29, 1.82) is 0 Å². The summed E-state index contributed by atoms with van der Waals surface area (Å²) in [5.74, 6) is -0.451. The highest BCUT2D eigenvalue weighted by Gasteiger charge is 2.44. The van der Waals surface area contributed by atoms with Gasteiger partial charge in [-0.25, -0.2) is 4.79 Å². The molecule has 1 spiro atoms. The fraction of sp³-hybridized carbons (Fsp3) is 0.474. The van der Waals surface area contributed by atoms with Gasteiger partial charge in [-0.2, -0.15) is 8.78 Å². The van der Waals surface area contributed by atoms with Gasteiger partial charge in [0, 0.05) is 30.7 Å². The lowest BCUT2D eigenvalue weighted by Crippen LogP contribution is -2.34. The van der Waals surface area contributed by atoms with E-state index >= 15 is 0 Å². The van der Waals surface area contributed by atoms with Gasteiger partial charge in [0.05, 0.1) is 23.9 Å². The molecule has 0 bridgehead atoms. The number of nitrogens with zero attached hydrogens (tertiary/aromatic N) is 2. The maximum absolute atomic E-state index is 12.7. The minimum atomic E-state index is -2.91. The largest absolute Gasteiger partial charge is 0.465 e. The van der Waals surface area contributed by atoms with E-state index in [2.05, 4.69) is 14.6 Å². The highest BCUT2D eigenvalue weighted by molar-refractivity contribution is 5.98. The van der Waals surface area contributed by atoms with Crippen molar-refractivity contribution in [3.8, 4) is 5.75 Å². The second-order valence-electron chi connectivity index (χ2n) is 7.10. The number of piperidine rings is 1. The third-order valence-corrected chi connectivity index (χ3v) is 5.50. The molecule has 1 aromatic heterocycles. The average molecular weight is 362 g/mol. The summed E-state index contributed by atoms with van der Waals surface area (Å²) in [6, 6.07) is 4.70. The van der Waals surface area contributed by atoms with Crippen LogP contribution in [0.4, 0.5) is 14.5 Å². The van der Waals surface area contributed by atoms with Crippen LogP contribution in [0.2, 0.25) is 0 Å². The van der Waals surface area contributed by atoms with Crippen molar-refractivity contribution in [1.82, 2.24) is 4.98 Å². The molecule has 1 aliphatic carbocycles. The zero-order valence-corrected chi connectivity index (χ0v) is 14.5. The van der Waals surface area contributed by atoms with Crippen LogP contribution in [0.25, 0.3) is 10.9 Å². The fourth-order valence-corrected chi connectivity index (χ4v) is 3.74. The molecular weight excluding hydrogens is 342 g/mol. The molecule has 0 unspecified atom stereocenters. The van der Waals surface area contributed by atoms with Crippen LogP contribution >= 0.6 is 0 Å². The molecule has 1 aromatic carbocycles. The molecule has 26 heavy (non-hydrogen) atoms. The number of halogens is 2. The molecule has 2 heterocycles. The lowest BCUT2D eigenvalue weighted by atomic mass is 9.93. The van der Waals surface area contributed by atoms with Gasteiger partial charge in [-0.05, 0) is 43.2 Å². The van der Waals surface area contributed by atoms with Crippen LogP contribution in [0.3, 0.4) is 0 Å². The summed E-state index contributed by atoms with van der Waals surface area (Å²) in [5, 5.41) is 0.577. The van der Waals surface area contributed by atoms with Gasteiger partial charge in [-0.3, -0.25) is 4.98 Å². The molecule has 1 aliphatic heterocycles. The molecule has 7 heteroatoms. The maximum atomic E-state index is 12.7. The first-order valence-corrected chi connectivity index (χ1v) is 8.72. The van der Waals surface area contributed by atoms with Gasteiger partial charge >= 0.3 is 12.6 Å². The van der Waals surface area contributed by atoms with Gasteiger partial charge in [0.1, 0.15) is 5.75 Å². The Hall–Kier alpha value is -2.44. The zero-order chi connectivity index (χ0) is 18.3.